The molecule has 0 spiro atoms. The van der Waals surface area contributed by atoms with Crippen molar-refractivity contribution in [1.29, 1.82) is 0 Å². The summed E-state index contributed by atoms with van der Waals surface area (Å²) in [6.45, 7) is 4.59. The Morgan fingerprint density at radius 3 is 1.39 bits per heavy atom. The van der Waals surface area contributed by atoms with Gasteiger partial charge >= 0.3 is 0 Å². The highest BCUT2D eigenvalue weighted by atomic mass is 16.5. The van der Waals surface area contributed by atoms with E-state index in [0.29, 0.717) is 12.5 Å². The lowest BCUT2D eigenvalue weighted by Gasteiger charge is -2.27. The summed E-state index contributed by atoms with van der Waals surface area (Å²) in [5.74, 6) is 1.32. The third-order valence-corrected chi connectivity index (χ3v) is 6.72. The van der Waals surface area contributed by atoms with Gasteiger partial charge in [-0.1, -0.05) is 103 Å². The fourth-order valence-electron chi connectivity index (χ4n) is 4.58. The number of unbranched alkanes of at least 4 members (excludes halogenated alkanes) is 15. The van der Waals surface area contributed by atoms with E-state index < -0.39 is 0 Å². The molecule has 0 aromatic rings. The quantitative estimate of drug-likeness (QED) is 0.211. The lowest BCUT2D eigenvalue weighted by atomic mass is 9.83. The minimum Gasteiger partial charge on any atom is -0.396 e. The average Bonchev–Trinajstić information content (AvgIpc) is 2.73. The first-order valence-electron chi connectivity index (χ1n) is 13.1. The Morgan fingerprint density at radius 2 is 0.964 bits per heavy atom. The van der Waals surface area contributed by atoms with E-state index in [1.165, 1.54) is 128 Å². The summed E-state index contributed by atoms with van der Waals surface area (Å²) in [5, 5.41) is 9.18. The summed E-state index contributed by atoms with van der Waals surface area (Å²) in [6.07, 6.45) is 27.7. The smallest absolute Gasteiger partial charge is 0.0494 e. The summed E-state index contributed by atoms with van der Waals surface area (Å²) < 4.78 is 5.90. The fraction of sp³-hybridized carbons (Fsp3) is 1.00. The van der Waals surface area contributed by atoms with Gasteiger partial charge in [-0.05, 0) is 43.9 Å². The second-order valence-corrected chi connectivity index (χ2v) is 9.45. The molecule has 1 aliphatic rings. The number of aliphatic hydroxyl groups is 1. The number of ether oxygens (including phenoxy) is 1. The minimum absolute atomic E-state index is 0.382. The van der Waals surface area contributed by atoms with Gasteiger partial charge in [-0.25, -0.2) is 0 Å². The highest BCUT2D eigenvalue weighted by Crippen LogP contribution is 2.28. The Morgan fingerprint density at radius 1 is 0.571 bits per heavy atom. The monoisotopic (exact) mass is 396 g/mol. The zero-order valence-corrected chi connectivity index (χ0v) is 19.3. The van der Waals surface area contributed by atoms with E-state index in [0.717, 1.165) is 19.1 Å². The van der Waals surface area contributed by atoms with Gasteiger partial charge < -0.3 is 9.84 Å². The van der Waals surface area contributed by atoms with Gasteiger partial charge in [0.25, 0.3) is 0 Å². The maximum Gasteiger partial charge on any atom is 0.0494 e. The third-order valence-electron chi connectivity index (χ3n) is 6.72. The largest absolute Gasteiger partial charge is 0.396 e. The second kappa shape index (κ2) is 20.2. The van der Waals surface area contributed by atoms with E-state index in [4.69, 9.17) is 4.74 Å². The molecular weight excluding hydrogens is 344 g/mol. The number of hydrogen-bond acceptors (Lipinski definition) is 2. The van der Waals surface area contributed by atoms with Crippen LogP contribution in [0.15, 0.2) is 0 Å². The van der Waals surface area contributed by atoms with Crippen molar-refractivity contribution in [2.75, 3.05) is 19.8 Å². The Hall–Kier alpha value is -0.0800. The Balaban J connectivity index is 1.68. The SMILES string of the molecule is CCCCCCCCCCCCCCCCCCOCC1CCC(CO)CC1. The lowest BCUT2D eigenvalue weighted by molar-refractivity contribution is 0.0675. The number of hydrogen-bond donors (Lipinski definition) is 1. The Labute approximate surface area is 177 Å². The molecule has 0 bridgehead atoms. The van der Waals surface area contributed by atoms with Gasteiger partial charge in [0.05, 0.1) is 0 Å². The van der Waals surface area contributed by atoms with Crippen LogP contribution in [0.5, 0.6) is 0 Å². The molecule has 0 radical (unpaired) electrons. The van der Waals surface area contributed by atoms with Crippen LogP contribution in [0.25, 0.3) is 0 Å². The van der Waals surface area contributed by atoms with Gasteiger partial charge in [0.2, 0.25) is 0 Å². The van der Waals surface area contributed by atoms with Gasteiger partial charge in [0, 0.05) is 19.8 Å². The molecule has 28 heavy (non-hydrogen) atoms. The van der Waals surface area contributed by atoms with Crippen LogP contribution in [-0.2, 0) is 4.74 Å². The van der Waals surface area contributed by atoms with Crippen LogP contribution in [0, 0.1) is 11.8 Å². The highest BCUT2D eigenvalue weighted by molar-refractivity contribution is 4.71. The van der Waals surface area contributed by atoms with Gasteiger partial charge in [-0.3, -0.25) is 0 Å². The molecule has 1 N–H and O–H groups in total. The van der Waals surface area contributed by atoms with Crippen molar-refractivity contribution in [2.45, 2.75) is 135 Å². The second-order valence-electron chi connectivity index (χ2n) is 9.45. The van der Waals surface area contributed by atoms with E-state index in [1.54, 1.807) is 0 Å². The molecule has 0 aromatic heterocycles. The molecule has 0 heterocycles. The molecule has 0 aromatic carbocycles. The van der Waals surface area contributed by atoms with Crippen LogP contribution >= 0.6 is 0 Å². The predicted molar refractivity (Wildman–Crippen MR) is 123 cm³/mol. The van der Waals surface area contributed by atoms with E-state index in [-0.39, 0.29) is 0 Å². The summed E-state index contributed by atoms with van der Waals surface area (Å²) in [7, 11) is 0. The molecular formula is C26H52O2. The van der Waals surface area contributed by atoms with Crippen molar-refractivity contribution in [3.8, 4) is 0 Å². The molecule has 0 saturated heterocycles. The van der Waals surface area contributed by atoms with Crippen molar-refractivity contribution in [3.05, 3.63) is 0 Å². The Kier molecular flexibility index (Phi) is 18.7. The fourth-order valence-corrected chi connectivity index (χ4v) is 4.58. The van der Waals surface area contributed by atoms with Crippen molar-refractivity contribution >= 4 is 0 Å². The van der Waals surface area contributed by atoms with Crippen LogP contribution in [0.1, 0.15) is 135 Å². The molecule has 2 nitrogen and oxygen atoms in total. The molecule has 1 aliphatic carbocycles. The van der Waals surface area contributed by atoms with Gasteiger partial charge in [0.1, 0.15) is 0 Å². The zero-order valence-electron chi connectivity index (χ0n) is 19.3. The van der Waals surface area contributed by atoms with E-state index in [1.807, 2.05) is 0 Å². The summed E-state index contributed by atoms with van der Waals surface area (Å²) >= 11 is 0. The molecule has 0 amide bonds. The molecule has 0 unspecified atom stereocenters. The first-order chi connectivity index (χ1) is 13.9. The normalized spacial score (nSPS) is 19.9. The predicted octanol–water partition coefficient (Wildman–Crippen LogP) is 8.06. The van der Waals surface area contributed by atoms with Crippen LogP contribution < -0.4 is 0 Å². The molecule has 2 heteroatoms. The van der Waals surface area contributed by atoms with E-state index in [2.05, 4.69) is 6.92 Å². The maximum absolute atomic E-state index is 9.18. The van der Waals surface area contributed by atoms with Gasteiger partial charge in [0.15, 0.2) is 0 Å². The molecule has 168 valence electrons. The molecule has 0 atom stereocenters. The average molecular weight is 397 g/mol. The molecule has 1 fully saturated rings. The van der Waals surface area contributed by atoms with Crippen LogP contribution in [0.4, 0.5) is 0 Å². The first-order valence-corrected chi connectivity index (χ1v) is 13.1. The molecule has 0 aliphatic heterocycles. The van der Waals surface area contributed by atoms with Crippen LogP contribution in [0.3, 0.4) is 0 Å². The third kappa shape index (κ3) is 15.8. The maximum atomic E-state index is 9.18. The van der Waals surface area contributed by atoms with E-state index >= 15 is 0 Å². The van der Waals surface area contributed by atoms with Crippen molar-refractivity contribution in [2.24, 2.45) is 11.8 Å². The number of rotatable bonds is 20. The van der Waals surface area contributed by atoms with Crippen molar-refractivity contribution in [3.63, 3.8) is 0 Å². The van der Waals surface area contributed by atoms with Crippen molar-refractivity contribution < 1.29 is 9.84 Å². The van der Waals surface area contributed by atoms with Gasteiger partial charge in [-0.2, -0.15) is 0 Å². The van der Waals surface area contributed by atoms with Crippen LogP contribution in [-0.4, -0.2) is 24.9 Å². The van der Waals surface area contributed by atoms with Crippen molar-refractivity contribution in [1.82, 2.24) is 0 Å². The summed E-state index contributed by atoms with van der Waals surface area (Å²) in [4.78, 5) is 0. The standard InChI is InChI=1S/C26H52O2/c1-2-3-4-5-6-7-8-9-10-11-12-13-14-15-16-17-22-28-24-26-20-18-25(23-27)19-21-26/h25-27H,2-24H2,1H3. The molecule has 1 rings (SSSR count). The van der Waals surface area contributed by atoms with Crippen LogP contribution in [0.2, 0.25) is 0 Å². The molecule has 1 saturated carbocycles. The lowest BCUT2D eigenvalue weighted by Crippen LogP contribution is -2.20. The highest BCUT2D eigenvalue weighted by Gasteiger charge is 2.20. The first kappa shape index (κ1) is 26.0. The zero-order chi connectivity index (χ0) is 20.1. The topological polar surface area (TPSA) is 29.5 Å². The Bertz CT molecular complexity index is 297. The minimum atomic E-state index is 0.382. The number of aliphatic hydroxyl groups excluding tert-OH is 1. The summed E-state index contributed by atoms with van der Waals surface area (Å²) in [5.41, 5.74) is 0. The van der Waals surface area contributed by atoms with E-state index in [9.17, 15) is 5.11 Å². The van der Waals surface area contributed by atoms with Gasteiger partial charge in [-0.15, -0.1) is 0 Å². The summed E-state index contributed by atoms with van der Waals surface area (Å²) in [6, 6.07) is 0.